The van der Waals surface area contributed by atoms with Crippen LogP contribution in [0.5, 0.6) is 0 Å². The van der Waals surface area contributed by atoms with E-state index in [4.69, 9.17) is 0 Å². The second-order valence-electron chi connectivity index (χ2n) is 5.27. The Labute approximate surface area is 124 Å². The number of benzene rings is 1. The molecular formula is C16H18N4O. The minimum absolute atomic E-state index is 0.121. The van der Waals surface area contributed by atoms with E-state index in [0.717, 1.165) is 6.54 Å². The van der Waals surface area contributed by atoms with E-state index in [1.54, 1.807) is 18.5 Å². The van der Waals surface area contributed by atoms with Gasteiger partial charge >= 0.3 is 0 Å². The molecule has 5 heteroatoms. The summed E-state index contributed by atoms with van der Waals surface area (Å²) in [6, 6.07) is 10.1. The number of anilines is 1. The van der Waals surface area contributed by atoms with Crippen molar-refractivity contribution in [2.45, 2.75) is 13.5 Å². The third kappa shape index (κ3) is 3.18. The lowest BCUT2D eigenvalue weighted by atomic mass is 10.1. The van der Waals surface area contributed by atoms with Gasteiger partial charge < -0.3 is 9.80 Å². The van der Waals surface area contributed by atoms with Crippen molar-refractivity contribution in [2.24, 2.45) is 0 Å². The molecule has 5 nitrogen and oxygen atoms in total. The molecule has 1 aliphatic heterocycles. The number of amides is 1. The van der Waals surface area contributed by atoms with Crippen molar-refractivity contribution in [3.8, 4) is 0 Å². The van der Waals surface area contributed by atoms with Crippen molar-refractivity contribution in [3.63, 3.8) is 0 Å². The standard InChI is InChI=1S/C16H18N4O/c1-13-4-2-5-14(10-13)11-19-8-9-20(12-15(19)21)16-17-6-3-7-18-16/h2-7,10H,8-9,11-12H2,1H3. The minimum Gasteiger partial charge on any atom is -0.335 e. The molecule has 0 radical (unpaired) electrons. The molecule has 0 spiro atoms. The number of nitrogens with zero attached hydrogens (tertiary/aromatic N) is 4. The Kier molecular flexibility index (Phi) is 3.81. The van der Waals surface area contributed by atoms with E-state index in [1.807, 2.05) is 15.9 Å². The molecule has 2 heterocycles. The Bertz CT molecular complexity index is 629. The van der Waals surface area contributed by atoms with Crippen LogP contribution in [0.3, 0.4) is 0 Å². The van der Waals surface area contributed by atoms with Gasteiger partial charge in [-0.2, -0.15) is 0 Å². The maximum Gasteiger partial charge on any atom is 0.242 e. The van der Waals surface area contributed by atoms with Crippen molar-refractivity contribution >= 4 is 11.9 Å². The molecule has 0 atom stereocenters. The maximum absolute atomic E-state index is 12.3. The van der Waals surface area contributed by atoms with Crippen molar-refractivity contribution in [1.29, 1.82) is 0 Å². The summed E-state index contributed by atoms with van der Waals surface area (Å²) in [4.78, 5) is 24.5. The van der Waals surface area contributed by atoms with E-state index >= 15 is 0 Å². The van der Waals surface area contributed by atoms with Crippen LogP contribution in [-0.2, 0) is 11.3 Å². The fourth-order valence-electron chi connectivity index (χ4n) is 2.53. The molecule has 1 aromatic heterocycles. The van der Waals surface area contributed by atoms with Crippen molar-refractivity contribution < 1.29 is 4.79 Å². The van der Waals surface area contributed by atoms with Crippen LogP contribution >= 0.6 is 0 Å². The Morgan fingerprint density at radius 2 is 1.95 bits per heavy atom. The molecule has 0 N–H and O–H groups in total. The van der Waals surface area contributed by atoms with Gasteiger partial charge in [-0.25, -0.2) is 9.97 Å². The number of rotatable bonds is 3. The Morgan fingerprint density at radius 1 is 1.14 bits per heavy atom. The monoisotopic (exact) mass is 282 g/mol. The van der Waals surface area contributed by atoms with E-state index < -0.39 is 0 Å². The summed E-state index contributed by atoms with van der Waals surface area (Å²) in [5, 5.41) is 0. The van der Waals surface area contributed by atoms with E-state index in [-0.39, 0.29) is 5.91 Å². The molecule has 0 unspecified atom stereocenters. The molecule has 108 valence electrons. The van der Waals surface area contributed by atoms with Crippen LogP contribution in [0, 0.1) is 6.92 Å². The first kappa shape index (κ1) is 13.5. The quantitative estimate of drug-likeness (QED) is 0.858. The van der Waals surface area contributed by atoms with Gasteiger partial charge in [-0.3, -0.25) is 4.79 Å². The lowest BCUT2D eigenvalue weighted by Gasteiger charge is -2.34. The lowest BCUT2D eigenvalue weighted by Crippen LogP contribution is -2.50. The summed E-state index contributed by atoms with van der Waals surface area (Å²) in [6.45, 7) is 4.54. The predicted molar refractivity (Wildman–Crippen MR) is 80.8 cm³/mol. The normalized spacial score (nSPS) is 15.4. The highest BCUT2D eigenvalue weighted by molar-refractivity contribution is 5.82. The second-order valence-corrected chi connectivity index (χ2v) is 5.27. The van der Waals surface area contributed by atoms with E-state index in [1.165, 1.54) is 11.1 Å². The van der Waals surface area contributed by atoms with Crippen molar-refractivity contribution in [3.05, 3.63) is 53.9 Å². The van der Waals surface area contributed by atoms with Crippen molar-refractivity contribution in [2.75, 3.05) is 24.5 Å². The van der Waals surface area contributed by atoms with E-state index in [2.05, 4.69) is 35.1 Å². The number of aromatic nitrogens is 2. The van der Waals surface area contributed by atoms with Gasteiger partial charge in [0, 0.05) is 32.0 Å². The molecule has 1 amide bonds. The first-order chi connectivity index (χ1) is 10.2. The van der Waals surface area contributed by atoms with Crippen LogP contribution in [0.4, 0.5) is 5.95 Å². The summed E-state index contributed by atoms with van der Waals surface area (Å²) >= 11 is 0. The van der Waals surface area contributed by atoms with Gasteiger partial charge in [-0.05, 0) is 18.6 Å². The van der Waals surface area contributed by atoms with Gasteiger partial charge in [-0.1, -0.05) is 29.8 Å². The minimum atomic E-state index is 0.121. The topological polar surface area (TPSA) is 49.3 Å². The number of carbonyl (C=O) groups is 1. The van der Waals surface area contributed by atoms with Gasteiger partial charge in [0.15, 0.2) is 0 Å². The number of hydrogen-bond donors (Lipinski definition) is 0. The van der Waals surface area contributed by atoms with Crippen LogP contribution in [-0.4, -0.2) is 40.4 Å². The first-order valence-corrected chi connectivity index (χ1v) is 7.08. The molecule has 0 bridgehead atoms. The fraction of sp³-hybridized carbons (Fsp3) is 0.312. The van der Waals surface area contributed by atoms with Gasteiger partial charge in [0.25, 0.3) is 0 Å². The zero-order valence-corrected chi connectivity index (χ0v) is 12.1. The van der Waals surface area contributed by atoms with Crippen LogP contribution in [0.15, 0.2) is 42.7 Å². The number of piperazine rings is 1. The van der Waals surface area contributed by atoms with Gasteiger partial charge in [0.1, 0.15) is 6.54 Å². The predicted octanol–water partition coefficient (Wildman–Crippen LogP) is 1.63. The van der Waals surface area contributed by atoms with Crippen molar-refractivity contribution in [1.82, 2.24) is 14.9 Å². The van der Waals surface area contributed by atoms with Crippen LogP contribution in [0.2, 0.25) is 0 Å². The summed E-state index contributed by atoms with van der Waals surface area (Å²) in [5.41, 5.74) is 2.39. The average molecular weight is 282 g/mol. The number of hydrogen-bond acceptors (Lipinski definition) is 4. The molecule has 1 aromatic carbocycles. The molecule has 1 saturated heterocycles. The maximum atomic E-state index is 12.3. The molecule has 1 aliphatic rings. The molecule has 3 rings (SSSR count). The number of carbonyl (C=O) groups excluding carboxylic acids is 1. The highest BCUT2D eigenvalue weighted by Crippen LogP contribution is 2.14. The molecule has 2 aromatic rings. The van der Waals surface area contributed by atoms with Gasteiger partial charge in [0.05, 0.1) is 0 Å². The highest BCUT2D eigenvalue weighted by atomic mass is 16.2. The third-order valence-electron chi connectivity index (χ3n) is 3.61. The summed E-state index contributed by atoms with van der Waals surface area (Å²) < 4.78 is 0. The second kappa shape index (κ2) is 5.91. The van der Waals surface area contributed by atoms with Gasteiger partial charge in [0.2, 0.25) is 11.9 Å². The van der Waals surface area contributed by atoms with E-state index in [9.17, 15) is 4.79 Å². The van der Waals surface area contributed by atoms with Crippen LogP contribution < -0.4 is 4.90 Å². The lowest BCUT2D eigenvalue weighted by molar-refractivity contribution is -0.131. The molecular weight excluding hydrogens is 264 g/mol. The Hall–Kier alpha value is -2.43. The molecule has 21 heavy (non-hydrogen) atoms. The summed E-state index contributed by atoms with van der Waals surface area (Å²) in [5.74, 6) is 0.747. The summed E-state index contributed by atoms with van der Waals surface area (Å²) in [7, 11) is 0. The average Bonchev–Trinajstić information content (AvgIpc) is 2.50. The van der Waals surface area contributed by atoms with Gasteiger partial charge in [-0.15, -0.1) is 0 Å². The molecule has 0 aliphatic carbocycles. The molecule has 1 fully saturated rings. The first-order valence-electron chi connectivity index (χ1n) is 7.08. The Morgan fingerprint density at radius 3 is 2.67 bits per heavy atom. The zero-order chi connectivity index (χ0) is 14.7. The van der Waals surface area contributed by atoms with Crippen LogP contribution in [0.1, 0.15) is 11.1 Å². The number of aryl methyl sites for hydroxylation is 1. The largest absolute Gasteiger partial charge is 0.335 e. The van der Waals surface area contributed by atoms with Crippen LogP contribution in [0.25, 0.3) is 0 Å². The SMILES string of the molecule is Cc1cccc(CN2CCN(c3ncccn3)CC2=O)c1. The van der Waals surface area contributed by atoms with E-state index in [0.29, 0.717) is 25.6 Å². The molecule has 0 saturated carbocycles. The highest BCUT2D eigenvalue weighted by Gasteiger charge is 2.25. The Balaban J connectivity index is 1.65. The fourth-order valence-corrected chi connectivity index (χ4v) is 2.53. The smallest absolute Gasteiger partial charge is 0.242 e. The summed E-state index contributed by atoms with van der Waals surface area (Å²) in [6.07, 6.45) is 3.40. The zero-order valence-electron chi connectivity index (χ0n) is 12.1. The third-order valence-corrected chi connectivity index (χ3v) is 3.61.